The fourth-order valence-corrected chi connectivity index (χ4v) is 2.01. The summed E-state index contributed by atoms with van der Waals surface area (Å²) < 4.78 is 1.70. The Hall–Kier alpha value is -1.97. The Morgan fingerprint density at radius 2 is 2.00 bits per heavy atom. The highest BCUT2D eigenvalue weighted by atomic mass is 15.3. The van der Waals surface area contributed by atoms with Gasteiger partial charge in [-0.15, -0.1) is 0 Å². The maximum atomic E-state index is 5.86. The number of hydrogen-bond donors (Lipinski definition) is 1. The van der Waals surface area contributed by atoms with E-state index in [0.717, 1.165) is 23.4 Å². The standard InChI is InChI=1S/C14H20N4/c1-5-10-6-7-13(17(2)3)11(8-10)12-9-14(15)18(4)16-12/h6-9H,5,15H2,1-4H3. The first kappa shape index (κ1) is 12.5. The van der Waals surface area contributed by atoms with Crippen molar-refractivity contribution in [1.29, 1.82) is 0 Å². The number of hydrogen-bond acceptors (Lipinski definition) is 3. The molecule has 0 spiro atoms. The van der Waals surface area contributed by atoms with E-state index in [2.05, 4.69) is 35.1 Å². The van der Waals surface area contributed by atoms with Crippen molar-refractivity contribution < 1.29 is 0 Å². The molecule has 4 nitrogen and oxygen atoms in total. The number of anilines is 2. The SMILES string of the molecule is CCc1ccc(N(C)C)c(-c2cc(N)n(C)n2)c1. The fraction of sp³-hybridized carbons (Fsp3) is 0.357. The molecule has 2 rings (SSSR count). The molecule has 96 valence electrons. The summed E-state index contributed by atoms with van der Waals surface area (Å²) in [6.45, 7) is 2.15. The molecule has 0 unspecified atom stereocenters. The van der Waals surface area contributed by atoms with Crippen LogP contribution in [0, 0.1) is 0 Å². The molecular formula is C14H20N4. The number of aromatic nitrogens is 2. The monoisotopic (exact) mass is 244 g/mol. The van der Waals surface area contributed by atoms with Crippen molar-refractivity contribution in [1.82, 2.24) is 9.78 Å². The highest BCUT2D eigenvalue weighted by Gasteiger charge is 2.12. The van der Waals surface area contributed by atoms with Crippen molar-refractivity contribution in [2.45, 2.75) is 13.3 Å². The molecule has 0 aliphatic carbocycles. The average molecular weight is 244 g/mol. The lowest BCUT2D eigenvalue weighted by Gasteiger charge is -2.17. The normalized spacial score (nSPS) is 10.7. The molecule has 18 heavy (non-hydrogen) atoms. The Labute approximate surface area is 108 Å². The molecule has 0 aliphatic heterocycles. The second kappa shape index (κ2) is 4.72. The lowest BCUT2D eigenvalue weighted by Crippen LogP contribution is -2.10. The van der Waals surface area contributed by atoms with Crippen molar-refractivity contribution in [3.05, 3.63) is 29.8 Å². The second-order valence-corrected chi connectivity index (χ2v) is 4.68. The number of rotatable bonds is 3. The van der Waals surface area contributed by atoms with Crippen LogP contribution in [0.5, 0.6) is 0 Å². The maximum absolute atomic E-state index is 5.86. The van der Waals surface area contributed by atoms with E-state index in [0.29, 0.717) is 5.82 Å². The molecule has 2 aromatic rings. The molecule has 0 saturated carbocycles. The fourth-order valence-electron chi connectivity index (χ4n) is 2.01. The van der Waals surface area contributed by atoms with Crippen LogP contribution in [0.15, 0.2) is 24.3 Å². The van der Waals surface area contributed by atoms with E-state index in [9.17, 15) is 0 Å². The Bertz CT molecular complexity index is 535. The van der Waals surface area contributed by atoms with Crippen LogP contribution in [-0.4, -0.2) is 23.9 Å². The summed E-state index contributed by atoms with van der Waals surface area (Å²) in [5.41, 5.74) is 10.4. The van der Waals surface area contributed by atoms with Crippen molar-refractivity contribution in [3.8, 4) is 11.3 Å². The van der Waals surface area contributed by atoms with Gasteiger partial charge in [-0.25, -0.2) is 0 Å². The van der Waals surface area contributed by atoms with Gasteiger partial charge in [0.15, 0.2) is 0 Å². The number of nitrogen functional groups attached to an aromatic ring is 1. The molecule has 0 atom stereocenters. The van der Waals surface area contributed by atoms with Crippen molar-refractivity contribution in [3.63, 3.8) is 0 Å². The summed E-state index contributed by atoms with van der Waals surface area (Å²) in [5, 5.41) is 4.46. The van der Waals surface area contributed by atoms with Crippen LogP contribution in [0.1, 0.15) is 12.5 Å². The molecule has 0 bridgehead atoms. The van der Waals surface area contributed by atoms with E-state index in [-0.39, 0.29) is 0 Å². The molecule has 0 amide bonds. The van der Waals surface area contributed by atoms with Gasteiger partial charge in [0.1, 0.15) is 5.82 Å². The highest BCUT2D eigenvalue weighted by molar-refractivity contribution is 5.78. The van der Waals surface area contributed by atoms with Crippen LogP contribution in [0.2, 0.25) is 0 Å². The topological polar surface area (TPSA) is 47.1 Å². The van der Waals surface area contributed by atoms with E-state index < -0.39 is 0 Å². The maximum Gasteiger partial charge on any atom is 0.121 e. The van der Waals surface area contributed by atoms with Gasteiger partial charge in [0.05, 0.1) is 5.69 Å². The number of nitrogens with two attached hydrogens (primary N) is 1. The Kier molecular flexibility index (Phi) is 3.28. The van der Waals surface area contributed by atoms with Crippen LogP contribution in [0.3, 0.4) is 0 Å². The van der Waals surface area contributed by atoms with Gasteiger partial charge in [-0.3, -0.25) is 4.68 Å². The highest BCUT2D eigenvalue weighted by Crippen LogP contribution is 2.31. The molecule has 2 N–H and O–H groups in total. The molecule has 0 fully saturated rings. The minimum absolute atomic E-state index is 0.677. The van der Waals surface area contributed by atoms with E-state index in [1.54, 1.807) is 4.68 Å². The minimum Gasteiger partial charge on any atom is -0.384 e. The molecule has 1 heterocycles. The van der Waals surface area contributed by atoms with Crippen LogP contribution in [0.4, 0.5) is 11.5 Å². The first-order chi connectivity index (χ1) is 8.52. The molecule has 0 radical (unpaired) electrons. The lowest BCUT2D eigenvalue weighted by molar-refractivity contribution is 0.782. The largest absolute Gasteiger partial charge is 0.384 e. The van der Waals surface area contributed by atoms with Gasteiger partial charge in [0.2, 0.25) is 0 Å². The summed E-state index contributed by atoms with van der Waals surface area (Å²) in [7, 11) is 5.94. The van der Waals surface area contributed by atoms with Gasteiger partial charge in [-0.1, -0.05) is 13.0 Å². The lowest BCUT2D eigenvalue weighted by atomic mass is 10.0. The van der Waals surface area contributed by atoms with Gasteiger partial charge < -0.3 is 10.6 Å². The minimum atomic E-state index is 0.677. The molecular weight excluding hydrogens is 224 g/mol. The molecule has 4 heteroatoms. The zero-order valence-corrected chi connectivity index (χ0v) is 11.4. The molecule has 1 aromatic heterocycles. The van der Waals surface area contributed by atoms with Gasteiger partial charge in [0.25, 0.3) is 0 Å². The molecule has 1 aromatic carbocycles. The Morgan fingerprint density at radius 3 is 2.50 bits per heavy atom. The van der Waals surface area contributed by atoms with E-state index in [1.807, 2.05) is 27.2 Å². The quantitative estimate of drug-likeness (QED) is 0.901. The predicted octanol–water partition coefficient (Wildman–Crippen LogP) is 2.30. The average Bonchev–Trinajstić information content (AvgIpc) is 2.68. The zero-order chi connectivity index (χ0) is 13.3. The summed E-state index contributed by atoms with van der Waals surface area (Å²) in [5.74, 6) is 0.677. The second-order valence-electron chi connectivity index (χ2n) is 4.68. The van der Waals surface area contributed by atoms with E-state index in [1.165, 1.54) is 5.56 Å². The Balaban J connectivity index is 2.59. The van der Waals surface area contributed by atoms with Crippen LogP contribution < -0.4 is 10.6 Å². The summed E-state index contributed by atoms with van der Waals surface area (Å²) in [6, 6.07) is 8.41. The zero-order valence-electron chi connectivity index (χ0n) is 11.4. The van der Waals surface area contributed by atoms with E-state index >= 15 is 0 Å². The number of aryl methyl sites for hydroxylation is 2. The summed E-state index contributed by atoms with van der Waals surface area (Å²) >= 11 is 0. The third-order valence-corrected chi connectivity index (χ3v) is 3.14. The van der Waals surface area contributed by atoms with E-state index in [4.69, 9.17) is 5.73 Å². The summed E-state index contributed by atoms with van der Waals surface area (Å²) in [4.78, 5) is 2.10. The van der Waals surface area contributed by atoms with Crippen LogP contribution in [-0.2, 0) is 13.5 Å². The predicted molar refractivity (Wildman–Crippen MR) is 76.8 cm³/mol. The third kappa shape index (κ3) is 2.18. The first-order valence-corrected chi connectivity index (χ1v) is 6.13. The van der Waals surface area contributed by atoms with Gasteiger partial charge >= 0.3 is 0 Å². The first-order valence-electron chi connectivity index (χ1n) is 6.13. The van der Waals surface area contributed by atoms with Gasteiger partial charge in [0, 0.05) is 38.5 Å². The smallest absolute Gasteiger partial charge is 0.121 e. The van der Waals surface area contributed by atoms with Crippen molar-refractivity contribution in [2.24, 2.45) is 7.05 Å². The molecule has 0 aliphatic rings. The summed E-state index contributed by atoms with van der Waals surface area (Å²) in [6.07, 6.45) is 1.02. The van der Waals surface area contributed by atoms with Gasteiger partial charge in [-0.2, -0.15) is 5.10 Å². The van der Waals surface area contributed by atoms with Crippen molar-refractivity contribution in [2.75, 3.05) is 24.7 Å². The van der Waals surface area contributed by atoms with Crippen molar-refractivity contribution >= 4 is 11.5 Å². The third-order valence-electron chi connectivity index (χ3n) is 3.14. The van der Waals surface area contributed by atoms with Crippen LogP contribution >= 0.6 is 0 Å². The van der Waals surface area contributed by atoms with Crippen LogP contribution in [0.25, 0.3) is 11.3 Å². The number of benzene rings is 1. The molecule has 0 saturated heterocycles. The number of nitrogens with zero attached hydrogens (tertiary/aromatic N) is 3. The van der Waals surface area contributed by atoms with Gasteiger partial charge in [-0.05, 0) is 24.1 Å². The Morgan fingerprint density at radius 1 is 1.28 bits per heavy atom.